The predicted molar refractivity (Wildman–Crippen MR) is 65.9 cm³/mol. The molecule has 1 unspecified atom stereocenters. The van der Waals surface area contributed by atoms with Gasteiger partial charge in [0.1, 0.15) is 0 Å². The molecule has 0 saturated heterocycles. The molecule has 0 saturated carbocycles. The molecular weight excluding hydrogens is 224 g/mol. The van der Waals surface area contributed by atoms with Crippen LogP contribution in [0, 0.1) is 6.92 Å². The largest absolute Gasteiger partial charge is 0.466 e. The van der Waals surface area contributed by atoms with Crippen LogP contribution < -0.4 is 0 Å². The smallest absolute Gasteiger partial charge is 0.306 e. The molecule has 0 spiro atoms. The van der Waals surface area contributed by atoms with Crippen LogP contribution in [0.15, 0.2) is 18.2 Å². The Bertz CT molecular complexity index is 374. The third-order valence-electron chi connectivity index (χ3n) is 2.47. The van der Waals surface area contributed by atoms with Crippen LogP contribution >= 0.6 is 11.6 Å². The van der Waals surface area contributed by atoms with Crippen molar-refractivity contribution in [2.24, 2.45) is 0 Å². The fraction of sp³-hybridized carbons (Fsp3) is 0.462. The maximum Gasteiger partial charge on any atom is 0.306 e. The van der Waals surface area contributed by atoms with Gasteiger partial charge in [-0.3, -0.25) is 4.79 Å². The minimum Gasteiger partial charge on any atom is -0.466 e. The van der Waals surface area contributed by atoms with Crippen LogP contribution in [-0.2, 0) is 9.53 Å². The van der Waals surface area contributed by atoms with Crippen molar-refractivity contribution in [1.82, 2.24) is 0 Å². The molecule has 88 valence electrons. The van der Waals surface area contributed by atoms with Crippen molar-refractivity contribution in [3.05, 3.63) is 34.3 Å². The van der Waals surface area contributed by atoms with E-state index < -0.39 is 0 Å². The topological polar surface area (TPSA) is 26.3 Å². The van der Waals surface area contributed by atoms with Gasteiger partial charge in [-0.25, -0.2) is 0 Å². The molecule has 0 aliphatic rings. The van der Waals surface area contributed by atoms with E-state index in [-0.39, 0.29) is 11.9 Å². The lowest BCUT2D eigenvalue weighted by molar-refractivity contribution is -0.143. The summed E-state index contributed by atoms with van der Waals surface area (Å²) < 4.78 is 4.92. The first-order valence-electron chi connectivity index (χ1n) is 5.46. The summed E-state index contributed by atoms with van der Waals surface area (Å²) in [5, 5.41) is 0.719. The highest BCUT2D eigenvalue weighted by Crippen LogP contribution is 2.27. The first-order valence-corrected chi connectivity index (χ1v) is 5.84. The maximum atomic E-state index is 11.3. The van der Waals surface area contributed by atoms with Gasteiger partial charge in [-0.05, 0) is 37.0 Å². The summed E-state index contributed by atoms with van der Waals surface area (Å²) >= 11 is 6.13. The van der Waals surface area contributed by atoms with E-state index in [1.807, 2.05) is 32.0 Å². The standard InChI is InChI=1S/C13H17ClO2/c1-4-16-13(15)8-10(3)11-6-5-9(2)7-12(11)14/h5-7,10H,4,8H2,1-3H3. The molecule has 0 heterocycles. The summed E-state index contributed by atoms with van der Waals surface area (Å²) in [4.78, 5) is 11.3. The molecule has 0 aliphatic heterocycles. The van der Waals surface area contributed by atoms with Crippen LogP contribution in [0.1, 0.15) is 37.3 Å². The molecule has 0 fully saturated rings. The quantitative estimate of drug-likeness (QED) is 0.750. The second-order valence-electron chi connectivity index (χ2n) is 3.94. The summed E-state index contributed by atoms with van der Waals surface area (Å²) in [7, 11) is 0. The van der Waals surface area contributed by atoms with Gasteiger partial charge in [-0.2, -0.15) is 0 Å². The number of ether oxygens (including phenoxy) is 1. The summed E-state index contributed by atoms with van der Waals surface area (Å²) in [5.41, 5.74) is 2.12. The fourth-order valence-corrected chi connectivity index (χ4v) is 2.03. The average molecular weight is 241 g/mol. The van der Waals surface area contributed by atoms with Crippen molar-refractivity contribution >= 4 is 17.6 Å². The Labute approximate surface area is 102 Å². The second kappa shape index (κ2) is 5.90. The summed E-state index contributed by atoms with van der Waals surface area (Å²) in [6, 6.07) is 5.89. The van der Waals surface area contributed by atoms with Gasteiger partial charge < -0.3 is 4.74 Å². The number of rotatable bonds is 4. The molecule has 0 aliphatic carbocycles. The van der Waals surface area contributed by atoms with Crippen molar-refractivity contribution in [2.75, 3.05) is 6.61 Å². The molecule has 0 N–H and O–H groups in total. The minimum absolute atomic E-state index is 0.0900. The molecule has 1 atom stereocenters. The van der Waals surface area contributed by atoms with Gasteiger partial charge in [0, 0.05) is 5.02 Å². The Balaban J connectivity index is 2.72. The zero-order chi connectivity index (χ0) is 12.1. The predicted octanol–water partition coefficient (Wildman–Crippen LogP) is 3.71. The number of carbonyl (C=O) groups is 1. The number of hydrogen-bond donors (Lipinski definition) is 0. The molecule has 1 aromatic rings. The van der Waals surface area contributed by atoms with E-state index in [4.69, 9.17) is 16.3 Å². The highest BCUT2D eigenvalue weighted by Gasteiger charge is 2.14. The lowest BCUT2D eigenvalue weighted by Gasteiger charge is -2.13. The molecule has 16 heavy (non-hydrogen) atoms. The van der Waals surface area contributed by atoms with Crippen LogP contribution in [0.4, 0.5) is 0 Å². The van der Waals surface area contributed by atoms with Gasteiger partial charge in [0.05, 0.1) is 13.0 Å². The van der Waals surface area contributed by atoms with E-state index in [1.165, 1.54) is 0 Å². The van der Waals surface area contributed by atoms with Crippen LogP contribution in [-0.4, -0.2) is 12.6 Å². The minimum atomic E-state index is -0.174. The molecule has 0 amide bonds. The molecule has 0 radical (unpaired) electrons. The average Bonchev–Trinajstić information content (AvgIpc) is 2.17. The fourth-order valence-electron chi connectivity index (χ4n) is 1.61. The SMILES string of the molecule is CCOC(=O)CC(C)c1ccc(C)cc1Cl. The zero-order valence-corrected chi connectivity index (χ0v) is 10.7. The van der Waals surface area contributed by atoms with E-state index in [0.29, 0.717) is 13.0 Å². The molecule has 3 heteroatoms. The van der Waals surface area contributed by atoms with E-state index in [2.05, 4.69) is 0 Å². The highest BCUT2D eigenvalue weighted by atomic mass is 35.5. The normalized spacial score (nSPS) is 12.2. The summed E-state index contributed by atoms with van der Waals surface area (Å²) in [6.45, 7) is 6.20. The van der Waals surface area contributed by atoms with Crippen LogP contribution in [0.25, 0.3) is 0 Å². The zero-order valence-electron chi connectivity index (χ0n) is 9.92. The van der Waals surface area contributed by atoms with Crippen molar-refractivity contribution in [3.63, 3.8) is 0 Å². The maximum absolute atomic E-state index is 11.3. The van der Waals surface area contributed by atoms with E-state index >= 15 is 0 Å². The first kappa shape index (κ1) is 13.0. The molecule has 0 aromatic heterocycles. The van der Waals surface area contributed by atoms with Gasteiger partial charge in [-0.15, -0.1) is 0 Å². The molecule has 2 nitrogen and oxygen atoms in total. The third-order valence-corrected chi connectivity index (χ3v) is 2.79. The molecular formula is C13H17ClO2. The van der Waals surface area contributed by atoms with Gasteiger partial charge in [0.2, 0.25) is 0 Å². The Kier molecular flexibility index (Phi) is 4.81. The second-order valence-corrected chi connectivity index (χ2v) is 4.34. The van der Waals surface area contributed by atoms with Gasteiger partial charge >= 0.3 is 5.97 Å². The van der Waals surface area contributed by atoms with Gasteiger partial charge in [0.15, 0.2) is 0 Å². The van der Waals surface area contributed by atoms with Crippen LogP contribution in [0.3, 0.4) is 0 Å². The lowest BCUT2D eigenvalue weighted by Crippen LogP contribution is -2.08. The van der Waals surface area contributed by atoms with Crippen molar-refractivity contribution in [3.8, 4) is 0 Å². The Hall–Kier alpha value is -1.02. The number of carbonyl (C=O) groups excluding carboxylic acids is 1. The third kappa shape index (κ3) is 3.53. The van der Waals surface area contributed by atoms with Gasteiger partial charge in [0.25, 0.3) is 0 Å². The van der Waals surface area contributed by atoms with E-state index in [9.17, 15) is 4.79 Å². The molecule has 0 bridgehead atoms. The van der Waals surface area contributed by atoms with Crippen molar-refractivity contribution < 1.29 is 9.53 Å². The monoisotopic (exact) mass is 240 g/mol. The Morgan fingerprint density at radius 3 is 2.75 bits per heavy atom. The lowest BCUT2D eigenvalue weighted by atomic mass is 9.97. The van der Waals surface area contributed by atoms with E-state index in [1.54, 1.807) is 6.92 Å². The summed E-state index contributed by atoms with van der Waals surface area (Å²) in [5.74, 6) is -0.0845. The number of benzene rings is 1. The van der Waals surface area contributed by atoms with Gasteiger partial charge in [-0.1, -0.05) is 30.7 Å². The highest BCUT2D eigenvalue weighted by molar-refractivity contribution is 6.31. The molecule has 1 rings (SSSR count). The van der Waals surface area contributed by atoms with Crippen molar-refractivity contribution in [2.45, 2.75) is 33.1 Å². The number of hydrogen-bond acceptors (Lipinski definition) is 2. The molecule has 1 aromatic carbocycles. The number of aryl methyl sites for hydroxylation is 1. The van der Waals surface area contributed by atoms with E-state index in [0.717, 1.165) is 16.1 Å². The number of halogens is 1. The Morgan fingerprint density at radius 1 is 1.50 bits per heavy atom. The number of esters is 1. The van der Waals surface area contributed by atoms with Crippen molar-refractivity contribution in [1.29, 1.82) is 0 Å². The van der Waals surface area contributed by atoms with Crippen LogP contribution in [0.5, 0.6) is 0 Å². The summed E-state index contributed by atoms with van der Waals surface area (Å²) in [6.07, 6.45) is 0.372. The first-order chi connectivity index (χ1) is 7.54. The van der Waals surface area contributed by atoms with Crippen LogP contribution in [0.2, 0.25) is 5.02 Å². The Morgan fingerprint density at radius 2 is 2.19 bits per heavy atom.